The molecule has 1 heterocycles. The van der Waals surface area contributed by atoms with E-state index in [1.165, 1.54) is 6.07 Å². The van der Waals surface area contributed by atoms with Gasteiger partial charge in [-0.25, -0.2) is 0 Å². The standard InChI is InChI=1S/C17H14N2O3/c1-10-6-7-14(15(20)8-10)19-17(22)12-9-16(21)18-13-5-3-2-4-11(12)13/h2-9,20H,1H3,(H,18,21)(H,19,22). The van der Waals surface area contributed by atoms with Crippen molar-refractivity contribution >= 4 is 22.5 Å². The van der Waals surface area contributed by atoms with E-state index in [9.17, 15) is 14.7 Å². The number of hydrogen-bond donors (Lipinski definition) is 3. The Balaban J connectivity index is 2.04. The van der Waals surface area contributed by atoms with E-state index < -0.39 is 5.91 Å². The lowest BCUT2D eigenvalue weighted by molar-refractivity contribution is 0.102. The minimum atomic E-state index is -0.443. The Morgan fingerprint density at radius 2 is 1.91 bits per heavy atom. The van der Waals surface area contributed by atoms with Gasteiger partial charge >= 0.3 is 0 Å². The van der Waals surface area contributed by atoms with Crippen LogP contribution < -0.4 is 10.9 Å². The number of fused-ring (bicyclic) bond motifs is 1. The fourth-order valence-electron chi connectivity index (χ4n) is 2.33. The summed E-state index contributed by atoms with van der Waals surface area (Å²) in [6, 6.07) is 13.3. The van der Waals surface area contributed by atoms with E-state index in [-0.39, 0.29) is 16.9 Å². The van der Waals surface area contributed by atoms with Crippen molar-refractivity contribution in [2.45, 2.75) is 6.92 Å². The molecule has 110 valence electrons. The largest absolute Gasteiger partial charge is 0.506 e. The number of aromatic hydroxyl groups is 1. The van der Waals surface area contributed by atoms with Crippen LogP contribution in [0.4, 0.5) is 5.69 Å². The lowest BCUT2D eigenvalue weighted by atomic mass is 10.1. The number of aromatic nitrogens is 1. The number of anilines is 1. The fourth-order valence-corrected chi connectivity index (χ4v) is 2.33. The highest BCUT2D eigenvalue weighted by atomic mass is 16.3. The van der Waals surface area contributed by atoms with E-state index in [1.54, 1.807) is 42.5 Å². The minimum absolute atomic E-state index is 0.0116. The van der Waals surface area contributed by atoms with E-state index in [4.69, 9.17) is 0 Å². The third-order valence-electron chi connectivity index (χ3n) is 3.40. The highest BCUT2D eigenvalue weighted by molar-refractivity contribution is 6.12. The van der Waals surface area contributed by atoms with Gasteiger partial charge in [-0.3, -0.25) is 9.59 Å². The fraction of sp³-hybridized carbons (Fsp3) is 0.0588. The number of aromatic amines is 1. The third-order valence-corrected chi connectivity index (χ3v) is 3.40. The Kier molecular flexibility index (Phi) is 3.39. The van der Waals surface area contributed by atoms with E-state index >= 15 is 0 Å². The molecule has 0 spiro atoms. The molecule has 2 aromatic carbocycles. The summed E-state index contributed by atoms with van der Waals surface area (Å²) < 4.78 is 0. The summed E-state index contributed by atoms with van der Waals surface area (Å²) in [5.74, 6) is -0.455. The first kappa shape index (κ1) is 13.9. The molecule has 5 heteroatoms. The number of nitrogens with one attached hydrogen (secondary N) is 2. The van der Waals surface area contributed by atoms with Crippen LogP contribution in [0.5, 0.6) is 5.75 Å². The summed E-state index contributed by atoms with van der Waals surface area (Å²) in [4.78, 5) is 26.8. The molecule has 0 radical (unpaired) electrons. The molecule has 3 rings (SSSR count). The van der Waals surface area contributed by atoms with Crippen LogP contribution in [-0.4, -0.2) is 16.0 Å². The first-order valence-corrected chi connectivity index (χ1v) is 6.77. The van der Waals surface area contributed by atoms with Crippen molar-refractivity contribution in [1.82, 2.24) is 4.98 Å². The zero-order chi connectivity index (χ0) is 15.7. The quantitative estimate of drug-likeness (QED) is 0.636. The third kappa shape index (κ3) is 2.56. The number of carbonyl (C=O) groups is 1. The van der Waals surface area contributed by atoms with Gasteiger partial charge in [0.25, 0.3) is 5.91 Å². The molecule has 0 atom stereocenters. The van der Waals surface area contributed by atoms with Crippen molar-refractivity contribution in [3.8, 4) is 5.75 Å². The van der Waals surface area contributed by atoms with Crippen molar-refractivity contribution in [1.29, 1.82) is 0 Å². The molecule has 0 saturated carbocycles. The van der Waals surface area contributed by atoms with Gasteiger partial charge in [-0.15, -0.1) is 0 Å². The van der Waals surface area contributed by atoms with E-state index in [1.807, 2.05) is 6.92 Å². The smallest absolute Gasteiger partial charge is 0.256 e. The second-order valence-corrected chi connectivity index (χ2v) is 5.07. The first-order valence-electron chi connectivity index (χ1n) is 6.77. The van der Waals surface area contributed by atoms with Crippen molar-refractivity contribution in [3.05, 3.63) is 70.0 Å². The van der Waals surface area contributed by atoms with Crippen molar-refractivity contribution in [2.75, 3.05) is 5.32 Å². The molecule has 0 aliphatic rings. The number of phenolic OH excluding ortho intramolecular Hbond substituents is 1. The van der Waals surface area contributed by atoms with Gasteiger partial charge < -0.3 is 15.4 Å². The number of phenols is 1. The summed E-state index contributed by atoms with van der Waals surface area (Å²) in [6.45, 7) is 1.84. The molecule has 5 nitrogen and oxygen atoms in total. The molecule has 0 unspecified atom stereocenters. The molecular formula is C17H14N2O3. The van der Waals surface area contributed by atoms with Crippen LogP contribution in [0, 0.1) is 6.92 Å². The van der Waals surface area contributed by atoms with Gasteiger partial charge in [0.2, 0.25) is 5.56 Å². The SMILES string of the molecule is Cc1ccc(NC(=O)c2cc(=O)[nH]c3ccccc23)c(O)c1. The van der Waals surface area contributed by atoms with Gasteiger partial charge in [0, 0.05) is 17.0 Å². The van der Waals surface area contributed by atoms with Gasteiger partial charge in [0.05, 0.1) is 11.3 Å². The molecule has 3 N–H and O–H groups in total. The predicted molar refractivity (Wildman–Crippen MR) is 85.4 cm³/mol. The van der Waals surface area contributed by atoms with Crippen molar-refractivity contribution in [2.24, 2.45) is 0 Å². The monoisotopic (exact) mass is 294 g/mol. The number of aryl methyl sites for hydroxylation is 1. The summed E-state index contributed by atoms with van der Waals surface area (Å²) in [6.07, 6.45) is 0. The van der Waals surface area contributed by atoms with Gasteiger partial charge in [0.1, 0.15) is 5.75 Å². The molecule has 0 aliphatic heterocycles. The summed E-state index contributed by atoms with van der Waals surface area (Å²) in [5.41, 5.74) is 1.70. The van der Waals surface area contributed by atoms with E-state index in [2.05, 4.69) is 10.3 Å². The number of amides is 1. The minimum Gasteiger partial charge on any atom is -0.506 e. The molecule has 0 fully saturated rings. The Hall–Kier alpha value is -3.08. The molecule has 0 aliphatic carbocycles. The second kappa shape index (κ2) is 5.37. The number of H-pyrrole nitrogens is 1. The van der Waals surface area contributed by atoms with Crippen LogP contribution in [0.2, 0.25) is 0 Å². The number of benzene rings is 2. The number of hydrogen-bond acceptors (Lipinski definition) is 3. The number of carbonyl (C=O) groups excluding carboxylic acids is 1. The maximum absolute atomic E-state index is 12.4. The first-order chi connectivity index (χ1) is 10.5. The molecule has 3 aromatic rings. The lowest BCUT2D eigenvalue weighted by Crippen LogP contribution is -2.16. The second-order valence-electron chi connectivity index (χ2n) is 5.07. The van der Waals surface area contributed by atoms with Crippen molar-refractivity contribution in [3.63, 3.8) is 0 Å². The summed E-state index contributed by atoms with van der Waals surface area (Å²) >= 11 is 0. The van der Waals surface area contributed by atoms with Crippen LogP contribution in [0.15, 0.2) is 53.3 Å². The maximum Gasteiger partial charge on any atom is 0.256 e. The Morgan fingerprint density at radius 3 is 2.68 bits per heavy atom. The van der Waals surface area contributed by atoms with Crippen LogP contribution in [0.1, 0.15) is 15.9 Å². The Bertz CT molecular complexity index is 929. The van der Waals surface area contributed by atoms with Crippen LogP contribution >= 0.6 is 0 Å². The Morgan fingerprint density at radius 1 is 1.14 bits per heavy atom. The predicted octanol–water partition coefficient (Wildman–Crippen LogP) is 2.79. The number of para-hydroxylation sites is 1. The molecule has 22 heavy (non-hydrogen) atoms. The number of pyridine rings is 1. The van der Waals surface area contributed by atoms with Gasteiger partial charge in [-0.1, -0.05) is 24.3 Å². The van der Waals surface area contributed by atoms with Gasteiger partial charge in [-0.05, 0) is 30.7 Å². The zero-order valence-corrected chi connectivity index (χ0v) is 11.9. The average Bonchev–Trinajstić information content (AvgIpc) is 2.49. The van der Waals surface area contributed by atoms with E-state index in [0.29, 0.717) is 16.6 Å². The lowest BCUT2D eigenvalue weighted by Gasteiger charge is -2.09. The topological polar surface area (TPSA) is 82.2 Å². The molecule has 1 aromatic heterocycles. The van der Waals surface area contributed by atoms with Crippen LogP contribution in [0.3, 0.4) is 0 Å². The molecule has 0 bridgehead atoms. The normalized spacial score (nSPS) is 10.6. The Labute approximate surface area is 126 Å². The van der Waals surface area contributed by atoms with Crippen LogP contribution in [0.25, 0.3) is 10.9 Å². The zero-order valence-electron chi connectivity index (χ0n) is 11.9. The molecule has 1 amide bonds. The van der Waals surface area contributed by atoms with Gasteiger partial charge in [0.15, 0.2) is 0 Å². The maximum atomic E-state index is 12.4. The average molecular weight is 294 g/mol. The highest BCUT2D eigenvalue weighted by Gasteiger charge is 2.13. The molecule has 0 saturated heterocycles. The van der Waals surface area contributed by atoms with Crippen LogP contribution in [-0.2, 0) is 0 Å². The summed E-state index contributed by atoms with van der Waals surface area (Å²) in [5, 5.41) is 13.1. The highest BCUT2D eigenvalue weighted by Crippen LogP contribution is 2.25. The van der Waals surface area contributed by atoms with Crippen molar-refractivity contribution < 1.29 is 9.90 Å². The number of rotatable bonds is 2. The van der Waals surface area contributed by atoms with E-state index in [0.717, 1.165) is 5.56 Å². The molecular weight excluding hydrogens is 280 g/mol. The summed E-state index contributed by atoms with van der Waals surface area (Å²) in [7, 11) is 0. The van der Waals surface area contributed by atoms with Gasteiger partial charge in [-0.2, -0.15) is 0 Å².